The van der Waals surface area contributed by atoms with Gasteiger partial charge in [-0.1, -0.05) is 11.6 Å². The van der Waals surface area contributed by atoms with E-state index < -0.39 is 30.1 Å². The summed E-state index contributed by atoms with van der Waals surface area (Å²) >= 11 is 0. The number of anilines is 1. The summed E-state index contributed by atoms with van der Waals surface area (Å²) in [6.45, 7) is 0.728. The normalized spacial score (nSPS) is 11.9. The molecule has 0 unspecified atom stereocenters. The molecule has 0 aliphatic rings. The second-order valence-electron chi connectivity index (χ2n) is 6.31. The molecule has 0 heterocycles. The van der Waals surface area contributed by atoms with Crippen LogP contribution in [0.25, 0.3) is 0 Å². The minimum absolute atomic E-state index is 0.107. The van der Waals surface area contributed by atoms with Crippen LogP contribution in [0, 0.1) is 6.92 Å². The van der Waals surface area contributed by atoms with Crippen molar-refractivity contribution in [3.8, 4) is 0 Å². The Kier molecular flexibility index (Phi) is 5.58. The van der Waals surface area contributed by atoms with Crippen molar-refractivity contribution in [3.63, 3.8) is 0 Å². The van der Waals surface area contributed by atoms with Crippen molar-refractivity contribution < 1.29 is 32.0 Å². The zero-order valence-electron chi connectivity index (χ0n) is 14.4. The largest absolute Gasteiger partial charge is 0.509 e. The molecule has 5 nitrogen and oxygen atoms in total. The molecule has 0 atom stereocenters. The van der Waals surface area contributed by atoms with Crippen LogP contribution in [0.1, 0.15) is 36.7 Å². The smallest absolute Gasteiger partial charge is 0.465 e. The number of nitrogens with zero attached hydrogens (tertiary/aromatic N) is 1. The number of halogens is 3. The molecule has 134 valence electrons. The lowest BCUT2D eigenvalue weighted by Gasteiger charge is -2.27. The number of rotatable bonds is 3. The van der Waals surface area contributed by atoms with E-state index in [2.05, 4.69) is 4.74 Å². The molecule has 1 amide bonds. The highest BCUT2D eigenvalue weighted by molar-refractivity contribution is 6.74. The van der Waals surface area contributed by atoms with Crippen LogP contribution in [0.2, 0.25) is 0 Å². The monoisotopic (exact) mass is 346 g/mol. The third kappa shape index (κ3) is 4.66. The molecule has 1 rings (SSSR count). The van der Waals surface area contributed by atoms with Crippen molar-refractivity contribution in [2.24, 2.45) is 0 Å². The fourth-order valence-corrected chi connectivity index (χ4v) is 2.01. The number of carbonyl (C=O) groups excluding carboxylic acids is 2. The van der Waals surface area contributed by atoms with Gasteiger partial charge in [0.1, 0.15) is 5.60 Å². The molecule has 0 fully saturated rings. The summed E-state index contributed by atoms with van der Waals surface area (Å²) in [6.07, 6.45) is -0.831. The van der Waals surface area contributed by atoms with Gasteiger partial charge in [0.05, 0.1) is 12.7 Å². The Balaban J connectivity index is 3.43. The highest BCUT2D eigenvalue weighted by atomic mass is 19.4. The Hall–Kier alpha value is -2.19. The molecule has 0 saturated carbocycles. The number of ether oxygens (including phenoxy) is 2. The molecule has 1 aromatic rings. The summed E-state index contributed by atoms with van der Waals surface area (Å²) in [5.41, 5.74) is -2.36. The van der Waals surface area contributed by atoms with E-state index >= 15 is 0 Å². The van der Waals surface area contributed by atoms with Gasteiger partial charge in [0, 0.05) is 12.7 Å². The van der Waals surface area contributed by atoms with Gasteiger partial charge in [0.15, 0.2) is 0 Å². The van der Waals surface area contributed by atoms with Crippen molar-refractivity contribution in [1.82, 2.24) is 0 Å². The van der Waals surface area contributed by atoms with Crippen LogP contribution in [-0.4, -0.2) is 38.8 Å². The van der Waals surface area contributed by atoms with Crippen LogP contribution >= 0.6 is 0 Å². The standard InChI is InChI=1S/C15H20BF3NO4/c1-9-11(13(21)23-6)7-10(8-12(9)16(17,18)19)20(5)14(22)24-15(2,3)4/h7-8H,1-6H3/q-1. The van der Waals surface area contributed by atoms with Gasteiger partial charge in [-0.05, 0) is 33.8 Å². The number of methoxy groups -OCH3 is 1. The van der Waals surface area contributed by atoms with E-state index in [0.29, 0.717) is 0 Å². The van der Waals surface area contributed by atoms with E-state index in [4.69, 9.17) is 4.74 Å². The van der Waals surface area contributed by atoms with Crippen LogP contribution < -0.4 is 10.4 Å². The Morgan fingerprint density at radius 2 is 1.71 bits per heavy atom. The average Bonchev–Trinajstić information content (AvgIpc) is 2.42. The number of esters is 1. The summed E-state index contributed by atoms with van der Waals surface area (Å²) in [5, 5.41) is 0. The second kappa shape index (κ2) is 6.74. The molecule has 0 aliphatic carbocycles. The van der Waals surface area contributed by atoms with Gasteiger partial charge in [0.25, 0.3) is 0 Å². The van der Waals surface area contributed by atoms with Crippen LogP contribution in [0.4, 0.5) is 23.4 Å². The number of hydrogen-bond acceptors (Lipinski definition) is 4. The maximum Gasteiger partial charge on any atom is 0.509 e. The fourth-order valence-electron chi connectivity index (χ4n) is 2.01. The molecule has 24 heavy (non-hydrogen) atoms. The molecule has 9 heteroatoms. The summed E-state index contributed by atoms with van der Waals surface area (Å²) in [7, 11) is 2.34. The van der Waals surface area contributed by atoms with E-state index in [0.717, 1.165) is 18.1 Å². The van der Waals surface area contributed by atoms with Crippen molar-refractivity contribution in [2.75, 3.05) is 19.1 Å². The lowest BCUT2D eigenvalue weighted by Crippen LogP contribution is -2.39. The lowest BCUT2D eigenvalue weighted by atomic mass is 9.75. The molecule has 0 N–H and O–H groups in total. The van der Waals surface area contributed by atoms with Gasteiger partial charge < -0.3 is 22.4 Å². The van der Waals surface area contributed by atoms with Crippen LogP contribution in [0.5, 0.6) is 0 Å². The molecule has 0 radical (unpaired) electrons. The summed E-state index contributed by atoms with van der Waals surface area (Å²) in [5.74, 6) is -0.909. The van der Waals surface area contributed by atoms with Gasteiger partial charge in [-0.15, -0.1) is 5.46 Å². The Morgan fingerprint density at radius 1 is 1.17 bits per heavy atom. The highest BCUT2D eigenvalue weighted by Gasteiger charge is 2.31. The first-order chi connectivity index (χ1) is 10.8. The number of benzene rings is 1. The van der Waals surface area contributed by atoms with Crippen LogP contribution in [-0.2, 0) is 9.47 Å². The van der Waals surface area contributed by atoms with E-state index in [-0.39, 0.29) is 16.8 Å². The highest BCUT2D eigenvalue weighted by Crippen LogP contribution is 2.24. The van der Waals surface area contributed by atoms with Gasteiger partial charge in [0.2, 0.25) is 0 Å². The fraction of sp³-hybridized carbons (Fsp3) is 0.467. The van der Waals surface area contributed by atoms with Gasteiger partial charge >= 0.3 is 19.0 Å². The zero-order valence-corrected chi connectivity index (χ0v) is 14.4. The van der Waals surface area contributed by atoms with E-state index in [1.807, 2.05) is 0 Å². The predicted octanol–water partition coefficient (Wildman–Crippen LogP) is 3.21. The van der Waals surface area contributed by atoms with Gasteiger partial charge in [-0.25, -0.2) is 9.59 Å². The molecular formula is C15H20BF3NO4-. The van der Waals surface area contributed by atoms with Gasteiger partial charge in [-0.2, -0.15) is 0 Å². The maximum absolute atomic E-state index is 13.3. The van der Waals surface area contributed by atoms with Crippen molar-refractivity contribution >= 4 is 30.2 Å². The number of carbonyl (C=O) groups is 2. The first kappa shape index (κ1) is 19.9. The average molecular weight is 346 g/mol. The van der Waals surface area contributed by atoms with Crippen molar-refractivity contribution in [3.05, 3.63) is 23.3 Å². The maximum atomic E-state index is 13.3. The van der Waals surface area contributed by atoms with E-state index in [1.165, 1.54) is 20.0 Å². The predicted molar refractivity (Wildman–Crippen MR) is 85.9 cm³/mol. The Bertz CT molecular complexity index is 653. The number of amides is 1. The van der Waals surface area contributed by atoms with E-state index in [9.17, 15) is 22.5 Å². The summed E-state index contributed by atoms with van der Waals surface area (Å²) in [4.78, 5) is 24.8. The summed E-state index contributed by atoms with van der Waals surface area (Å²) in [6, 6.07) is 2.00. The van der Waals surface area contributed by atoms with Crippen LogP contribution in [0.3, 0.4) is 0 Å². The minimum atomic E-state index is -5.37. The third-order valence-corrected chi connectivity index (χ3v) is 3.25. The number of hydrogen-bond donors (Lipinski definition) is 0. The SMILES string of the molecule is COC(=O)c1cc(N(C)C(=O)OC(C)(C)C)cc([B-](F)(F)F)c1C. The third-order valence-electron chi connectivity index (χ3n) is 3.25. The molecule has 0 saturated heterocycles. The Labute approximate surface area is 138 Å². The van der Waals surface area contributed by atoms with E-state index in [1.54, 1.807) is 20.8 Å². The van der Waals surface area contributed by atoms with Gasteiger partial charge in [-0.3, -0.25) is 4.90 Å². The van der Waals surface area contributed by atoms with Crippen LogP contribution in [0.15, 0.2) is 12.1 Å². The quantitative estimate of drug-likeness (QED) is 0.623. The molecular weight excluding hydrogens is 326 g/mol. The topological polar surface area (TPSA) is 55.8 Å². The minimum Gasteiger partial charge on any atom is -0.465 e. The lowest BCUT2D eigenvalue weighted by molar-refractivity contribution is 0.0579. The second-order valence-corrected chi connectivity index (χ2v) is 6.31. The zero-order chi connectivity index (χ0) is 18.9. The van der Waals surface area contributed by atoms with Crippen molar-refractivity contribution in [1.29, 1.82) is 0 Å². The molecule has 0 spiro atoms. The molecule has 0 aromatic heterocycles. The first-order valence-electron chi connectivity index (χ1n) is 7.17. The Morgan fingerprint density at radius 3 is 2.12 bits per heavy atom. The first-order valence-corrected chi connectivity index (χ1v) is 7.17. The molecule has 1 aromatic carbocycles. The van der Waals surface area contributed by atoms with Crippen molar-refractivity contribution in [2.45, 2.75) is 33.3 Å². The molecule has 0 bridgehead atoms. The summed E-state index contributed by atoms with van der Waals surface area (Å²) < 4.78 is 49.5. The molecule has 0 aliphatic heterocycles.